The molecule has 1 rings (SSSR count). The molecule has 0 spiro atoms. The van der Waals surface area contributed by atoms with Crippen LogP contribution < -0.4 is 5.32 Å². The Morgan fingerprint density at radius 1 is 0.654 bits per heavy atom. The van der Waals surface area contributed by atoms with E-state index in [9.17, 15) is 50.0 Å². The van der Waals surface area contributed by atoms with Gasteiger partial charge in [0.1, 0.15) is 36.6 Å². The van der Waals surface area contributed by atoms with Crippen LogP contribution in [0.25, 0.3) is 0 Å². The van der Waals surface area contributed by atoms with Gasteiger partial charge in [0.25, 0.3) is 0 Å². The lowest BCUT2D eigenvalue weighted by atomic mass is 9.85. The fourth-order valence-corrected chi connectivity index (χ4v) is 7.44. The van der Waals surface area contributed by atoms with Crippen molar-refractivity contribution in [2.45, 2.75) is 216 Å². The van der Waals surface area contributed by atoms with Gasteiger partial charge in [0.05, 0.1) is 31.3 Å². The number of carbonyl (C=O) groups excluding carboxylic acids is 1. The van der Waals surface area contributed by atoms with Crippen molar-refractivity contribution in [3.05, 3.63) is 12.2 Å². The van der Waals surface area contributed by atoms with Gasteiger partial charge in [0.2, 0.25) is 5.91 Å². The summed E-state index contributed by atoms with van der Waals surface area (Å²) in [5, 5.41) is 74.2. The molecule has 0 bridgehead atoms. The average Bonchev–Trinajstić information content (AvgIpc) is 3.11. The molecule has 8 unspecified atom stereocenters. The van der Waals surface area contributed by atoms with Gasteiger partial charge in [-0.3, -0.25) is 13.8 Å². The molecule has 1 aliphatic rings. The van der Waals surface area contributed by atoms with E-state index in [1.807, 2.05) is 0 Å². The molecule has 13 nitrogen and oxygen atoms in total. The van der Waals surface area contributed by atoms with Crippen LogP contribution in [0.3, 0.4) is 0 Å². The molecule has 52 heavy (non-hydrogen) atoms. The van der Waals surface area contributed by atoms with Crippen LogP contribution in [-0.2, 0) is 18.4 Å². The van der Waals surface area contributed by atoms with E-state index in [-0.39, 0.29) is 12.8 Å². The zero-order valence-corrected chi connectivity index (χ0v) is 32.9. The molecule has 0 radical (unpaired) electrons. The van der Waals surface area contributed by atoms with E-state index in [0.717, 1.165) is 57.8 Å². The first kappa shape index (κ1) is 49.1. The van der Waals surface area contributed by atoms with Gasteiger partial charge in [-0.2, -0.15) is 0 Å². The van der Waals surface area contributed by atoms with Gasteiger partial charge in [-0.1, -0.05) is 129 Å². The number of allylic oxidation sites excluding steroid dienone is 2. The Labute approximate surface area is 312 Å². The molecule has 9 N–H and O–H groups in total. The Kier molecular flexibility index (Phi) is 27.7. The van der Waals surface area contributed by atoms with Gasteiger partial charge < -0.3 is 46.0 Å². The molecule has 0 saturated heterocycles. The number of nitrogens with one attached hydrogen (secondary N) is 1. The number of aliphatic hydroxyl groups is 7. The third-order valence-corrected chi connectivity index (χ3v) is 10.9. The summed E-state index contributed by atoms with van der Waals surface area (Å²) in [6.07, 6.45) is 12.9. The smallest absolute Gasteiger partial charge is 0.393 e. The molecule has 0 aromatic heterocycles. The second-order valence-electron chi connectivity index (χ2n) is 14.7. The number of unbranched alkanes of at least 4 members (excludes halogenated alkanes) is 17. The summed E-state index contributed by atoms with van der Waals surface area (Å²) in [5.41, 5.74) is 0. The second-order valence-corrected chi connectivity index (χ2v) is 16.1. The minimum atomic E-state index is -5.11. The third-order valence-electron chi connectivity index (χ3n) is 9.88. The van der Waals surface area contributed by atoms with E-state index in [1.54, 1.807) is 0 Å². The summed E-state index contributed by atoms with van der Waals surface area (Å²) in [4.78, 5) is 23.3. The molecule has 0 aromatic carbocycles. The summed E-state index contributed by atoms with van der Waals surface area (Å²) in [5.74, 6) is -0.572. The lowest BCUT2D eigenvalue weighted by Gasteiger charge is -2.41. The first-order valence-corrected chi connectivity index (χ1v) is 21.7. The molecule has 308 valence electrons. The van der Waals surface area contributed by atoms with Crippen molar-refractivity contribution < 1.29 is 59.0 Å². The summed E-state index contributed by atoms with van der Waals surface area (Å²) in [6.45, 7) is 3.70. The number of phosphoric acid groups is 1. The number of phosphoric ester groups is 1. The SMILES string of the molecule is CCCCC/C=C\CCCCCC(O)CC(=O)NC(COP(=O)(O)OC1C(O)C(O)C(O)C(O)C1O)C(O)CCCCCCCCCCCCCC. The minimum Gasteiger partial charge on any atom is -0.393 e. The topological polar surface area (TPSA) is 226 Å². The van der Waals surface area contributed by atoms with Crippen molar-refractivity contribution >= 4 is 13.7 Å². The maximum Gasteiger partial charge on any atom is 0.472 e. The standard InChI is InChI=1S/C38H74NO12P/c1-3-5-7-9-11-13-15-16-18-20-22-24-26-31(41)30(28-50-52(48,49)51-38-36(46)34(44)33(43)35(45)37(38)47)39-32(42)27-29(40)25-23-21-19-17-14-12-10-8-6-4-2/h12,14,29-31,33-38,40-41,43-47H,3-11,13,15-28H2,1-2H3,(H,39,42)(H,48,49)/b14-12-. The Bertz CT molecular complexity index is 958. The number of rotatable bonds is 32. The van der Waals surface area contributed by atoms with Crippen LogP contribution >= 0.6 is 7.82 Å². The third kappa shape index (κ3) is 21.8. The zero-order valence-electron chi connectivity index (χ0n) is 32.0. The first-order chi connectivity index (χ1) is 24.8. The van der Waals surface area contributed by atoms with E-state index < -0.39 is 75.2 Å². The van der Waals surface area contributed by atoms with Crippen LogP contribution in [-0.4, -0.2) is 108 Å². The summed E-state index contributed by atoms with van der Waals surface area (Å²) >= 11 is 0. The number of hydrogen-bond acceptors (Lipinski definition) is 11. The quantitative estimate of drug-likeness (QED) is 0.0248. The maximum absolute atomic E-state index is 12.9. The van der Waals surface area contributed by atoms with E-state index >= 15 is 0 Å². The number of aliphatic hydroxyl groups excluding tert-OH is 7. The fourth-order valence-electron chi connectivity index (χ4n) is 6.47. The summed E-state index contributed by atoms with van der Waals surface area (Å²) in [6, 6.07) is -1.15. The van der Waals surface area contributed by atoms with Crippen molar-refractivity contribution in [2.24, 2.45) is 0 Å². The molecule has 8 atom stereocenters. The van der Waals surface area contributed by atoms with Crippen LogP contribution in [0.15, 0.2) is 12.2 Å². The predicted octanol–water partition coefficient (Wildman–Crippen LogP) is 5.08. The molecule has 0 heterocycles. The largest absolute Gasteiger partial charge is 0.472 e. The van der Waals surface area contributed by atoms with E-state index in [4.69, 9.17) is 9.05 Å². The van der Waals surface area contributed by atoms with Crippen molar-refractivity contribution in [2.75, 3.05) is 6.61 Å². The van der Waals surface area contributed by atoms with E-state index in [0.29, 0.717) is 12.8 Å². The maximum atomic E-state index is 12.9. The molecule has 1 saturated carbocycles. The second kappa shape index (κ2) is 29.3. The molecular weight excluding hydrogens is 693 g/mol. The van der Waals surface area contributed by atoms with Crippen molar-refractivity contribution in [3.8, 4) is 0 Å². The van der Waals surface area contributed by atoms with Crippen LogP contribution in [0.5, 0.6) is 0 Å². The average molecular weight is 768 g/mol. The van der Waals surface area contributed by atoms with Crippen LogP contribution in [0.2, 0.25) is 0 Å². The van der Waals surface area contributed by atoms with E-state index in [1.165, 1.54) is 64.2 Å². The van der Waals surface area contributed by atoms with Gasteiger partial charge in [-0.15, -0.1) is 0 Å². The Balaban J connectivity index is 2.63. The Morgan fingerprint density at radius 2 is 1.08 bits per heavy atom. The van der Waals surface area contributed by atoms with Crippen LogP contribution in [0.4, 0.5) is 0 Å². The molecule has 1 fully saturated rings. The summed E-state index contributed by atoms with van der Waals surface area (Å²) in [7, 11) is -5.11. The monoisotopic (exact) mass is 767 g/mol. The normalized spacial score (nSPS) is 25.2. The van der Waals surface area contributed by atoms with Crippen molar-refractivity contribution in [1.82, 2.24) is 5.32 Å². The predicted molar refractivity (Wildman–Crippen MR) is 201 cm³/mol. The summed E-state index contributed by atoms with van der Waals surface area (Å²) < 4.78 is 22.8. The highest BCUT2D eigenvalue weighted by molar-refractivity contribution is 7.47. The van der Waals surface area contributed by atoms with Gasteiger partial charge in [0, 0.05) is 0 Å². The molecule has 1 amide bonds. The Morgan fingerprint density at radius 3 is 1.62 bits per heavy atom. The molecule has 0 aromatic rings. The highest BCUT2D eigenvalue weighted by atomic mass is 31.2. The molecule has 1 aliphatic carbocycles. The van der Waals surface area contributed by atoms with Crippen LogP contribution in [0, 0.1) is 0 Å². The number of amides is 1. The number of carbonyl (C=O) groups is 1. The van der Waals surface area contributed by atoms with Crippen LogP contribution in [0.1, 0.15) is 162 Å². The van der Waals surface area contributed by atoms with Gasteiger partial charge in [-0.25, -0.2) is 4.57 Å². The Hall–Kier alpha value is -0.960. The zero-order chi connectivity index (χ0) is 38.8. The van der Waals surface area contributed by atoms with Crippen molar-refractivity contribution in [3.63, 3.8) is 0 Å². The van der Waals surface area contributed by atoms with Crippen molar-refractivity contribution in [1.29, 1.82) is 0 Å². The van der Waals surface area contributed by atoms with Gasteiger partial charge in [0.15, 0.2) is 0 Å². The lowest BCUT2D eigenvalue weighted by molar-refractivity contribution is -0.220. The minimum absolute atomic E-state index is 0.231. The van der Waals surface area contributed by atoms with E-state index in [2.05, 4.69) is 31.3 Å². The number of hydrogen-bond donors (Lipinski definition) is 9. The highest BCUT2D eigenvalue weighted by Gasteiger charge is 2.51. The van der Waals surface area contributed by atoms with Gasteiger partial charge in [-0.05, 0) is 38.5 Å². The first-order valence-electron chi connectivity index (χ1n) is 20.2. The molecular formula is C38H74NO12P. The molecule has 14 heteroatoms. The molecule has 0 aliphatic heterocycles. The fraction of sp³-hybridized carbons (Fsp3) is 0.921. The highest BCUT2D eigenvalue weighted by Crippen LogP contribution is 2.47. The van der Waals surface area contributed by atoms with Gasteiger partial charge >= 0.3 is 7.82 Å². The lowest BCUT2D eigenvalue weighted by Crippen LogP contribution is -2.64.